The van der Waals surface area contributed by atoms with Crippen LogP contribution in [0, 0.1) is 0 Å². The lowest BCUT2D eigenvalue weighted by molar-refractivity contribution is -0.143. The molecule has 3 aromatic carbocycles. The first kappa shape index (κ1) is 36.4. The van der Waals surface area contributed by atoms with E-state index in [4.69, 9.17) is 30.5 Å². The molecular weight excluding hydrogens is 804 g/mol. The Kier molecular flexibility index (Phi) is 12.0. The number of rotatable bonds is 12. The summed E-state index contributed by atoms with van der Waals surface area (Å²) >= 11 is 14.4. The number of esters is 2. The molecule has 1 aliphatic heterocycles. The quantitative estimate of drug-likeness (QED) is 0.149. The number of benzene rings is 3. The van der Waals surface area contributed by atoms with E-state index >= 15 is 0 Å². The Bertz CT molecular complexity index is 2090. The van der Waals surface area contributed by atoms with Crippen molar-refractivity contribution in [2.24, 2.45) is 4.99 Å². The zero-order valence-corrected chi connectivity index (χ0v) is 31.6. The van der Waals surface area contributed by atoms with Crippen LogP contribution in [-0.4, -0.2) is 43.4 Å². The summed E-state index contributed by atoms with van der Waals surface area (Å²) in [5, 5.41) is 0.648. The van der Waals surface area contributed by atoms with Gasteiger partial charge in [-0.05, 0) is 112 Å². The average molecular weight is 835 g/mol. The Labute approximate surface area is 307 Å². The predicted octanol–water partition coefficient (Wildman–Crippen LogP) is 6.51. The van der Waals surface area contributed by atoms with Crippen LogP contribution in [0.15, 0.2) is 84.6 Å². The van der Waals surface area contributed by atoms with Gasteiger partial charge in [0.25, 0.3) is 5.56 Å². The summed E-state index contributed by atoms with van der Waals surface area (Å²) in [6.45, 7) is 5.69. The van der Waals surface area contributed by atoms with E-state index in [2.05, 4.69) is 41.6 Å². The number of hydrogen-bond acceptors (Lipinski definition) is 10. The van der Waals surface area contributed by atoms with Crippen molar-refractivity contribution in [1.29, 1.82) is 0 Å². The van der Waals surface area contributed by atoms with Crippen LogP contribution < -0.4 is 29.1 Å². The summed E-state index contributed by atoms with van der Waals surface area (Å²) in [5.41, 5.74) is 2.55. The van der Waals surface area contributed by atoms with Gasteiger partial charge >= 0.3 is 11.9 Å². The normalized spacial score (nSPS) is 14.2. The van der Waals surface area contributed by atoms with Gasteiger partial charge in [-0.1, -0.05) is 41.1 Å². The van der Waals surface area contributed by atoms with Crippen molar-refractivity contribution < 1.29 is 33.3 Å². The van der Waals surface area contributed by atoms with Crippen LogP contribution in [-0.2, 0) is 25.7 Å². The van der Waals surface area contributed by atoms with Gasteiger partial charge < -0.3 is 23.7 Å². The van der Waals surface area contributed by atoms with Crippen LogP contribution in [0.25, 0.3) is 6.08 Å². The fourth-order valence-corrected chi connectivity index (χ4v) is 7.70. The first-order chi connectivity index (χ1) is 23.5. The molecule has 0 bridgehead atoms. The number of thiazole rings is 1. The van der Waals surface area contributed by atoms with Gasteiger partial charge in [-0.25, -0.2) is 14.6 Å². The molecule has 14 heteroatoms. The third kappa shape index (κ3) is 8.29. The van der Waals surface area contributed by atoms with Crippen LogP contribution in [0.2, 0.25) is 5.02 Å². The van der Waals surface area contributed by atoms with E-state index in [0.717, 1.165) is 11.1 Å². The van der Waals surface area contributed by atoms with Gasteiger partial charge in [0.1, 0.15) is 12.4 Å². The molecule has 4 aromatic rings. The summed E-state index contributed by atoms with van der Waals surface area (Å²) in [6, 6.07) is 15.3. The highest BCUT2D eigenvalue weighted by Gasteiger charge is 2.34. The molecule has 1 aliphatic rings. The van der Waals surface area contributed by atoms with Gasteiger partial charge in [-0.15, -0.1) is 0 Å². The minimum Gasteiger partial charge on any atom is -0.490 e. The zero-order valence-electron chi connectivity index (χ0n) is 26.9. The molecule has 0 N–H and O–H groups in total. The Hall–Kier alpha value is -3.91. The highest BCUT2D eigenvalue weighted by atomic mass is 79.9. The SMILES string of the molecule is CCOC(=O)C1=C(C)N=c2s/c(=C\c3cc(Br)c(OCc4ccc(Cl)cc4)c(Br)c3)c(=O)n2[C@@H]1c1ccc(OCC(=O)OC)c(OCC)c1. The number of hydrogen-bond donors (Lipinski definition) is 0. The molecular formula is C35H31Br2ClN2O8S. The smallest absolute Gasteiger partial charge is 0.343 e. The molecule has 5 rings (SSSR count). The molecule has 256 valence electrons. The molecule has 0 fully saturated rings. The van der Waals surface area contributed by atoms with Crippen molar-refractivity contribution in [3.05, 3.63) is 116 Å². The first-order valence-corrected chi connectivity index (χ1v) is 17.8. The minimum atomic E-state index is -0.881. The fraction of sp³-hybridized carbons (Fsp3) is 0.257. The summed E-state index contributed by atoms with van der Waals surface area (Å²) < 4.78 is 30.9. The number of fused-ring (bicyclic) bond motifs is 1. The molecule has 1 atom stereocenters. The number of carbonyl (C=O) groups is 2. The van der Waals surface area contributed by atoms with Crippen LogP contribution in [0.1, 0.15) is 43.5 Å². The van der Waals surface area contributed by atoms with E-state index < -0.39 is 18.0 Å². The lowest BCUT2D eigenvalue weighted by Crippen LogP contribution is -2.40. The highest BCUT2D eigenvalue weighted by Crippen LogP contribution is 2.37. The molecule has 1 aromatic heterocycles. The van der Waals surface area contributed by atoms with Gasteiger partial charge in [0.15, 0.2) is 22.9 Å². The van der Waals surface area contributed by atoms with Crippen LogP contribution in [0.5, 0.6) is 17.2 Å². The molecule has 0 amide bonds. The number of aromatic nitrogens is 1. The summed E-state index contributed by atoms with van der Waals surface area (Å²) in [6.07, 6.45) is 1.76. The number of nitrogens with zero attached hydrogens (tertiary/aromatic N) is 2. The van der Waals surface area contributed by atoms with Gasteiger partial charge in [-0.2, -0.15) is 0 Å². The van der Waals surface area contributed by atoms with Gasteiger partial charge in [0, 0.05) is 5.02 Å². The number of halogens is 3. The monoisotopic (exact) mass is 832 g/mol. The Morgan fingerprint density at radius 2 is 1.69 bits per heavy atom. The second-order valence-corrected chi connectivity index (χ2v) is 13.7. The van der Waals surface area contributed by atoms with E-state index in [1.807, 2.05) is 31.2 Å². The maximum Gasteiger partial charge on any atom is 0.343 e. The van der Waals surface area contributed by atoms with Crippen molar-refractivity contribution in [2.45, 2.75) is 33.4 Å². The summed E-state index contributed by atoms with van der Waals surface area (Å²) in [7, 11) is 1.27. The predicted molar refractivity (Wildman–Crippen MR) is 193 cm³/mol. The summed E-state index contributed by atoms with van der Waals surface area (Å²) in [5.74, 6) is 0.0953. The molecule has 49 heavy (non-hydrogen) atoms. The molecule has 0 radical (unpaired) electrons. The fourth-order valence-electron chi connectivity index (χ4n) is 5.07. The molecule has 10 nitrogen and oxygen atoms in total. The largest absolute Gasteiger partial charge is 0.490 e. The molecule has 0 unspecified atom stereocenters. The van der Waals surface area contributed by atoms with Crippen molar-refractivity contribution in [2.75, 3.05) is 26.9 Å². The van der Waals surface area contributed by atoms with Crippen molar-refractivity contribution in [1.82, 2.24) is 4.57 Å². The van der Waals surface area contributed by atoms with Gasteiger partial charge in [-0.3, -0.25) is 9.36 Å². The Morgan fingerprint density at radius 3 is 2.35 bits per heavy atom. The van der Waals surface area contributed by atoms with Crippen LogP contribution >= 0.6 is 54.8 Å². The average Bonchev–Trinajstić information content (AvgIpc) is 3.37. The zero-order chi connectivity index (χ0) is 35.2. The highest BCUT2D eigenvalue weighted by molar-refractivity contribution is 9.11. The number of carbonyl (C=O) groups excluding carboxylic acids is 2. The molecule has 0 spiro atoms. The van der Waals surface area contributed by atoms with Gasteiger partial charge in [0.2, 0.25) is 0 Å². The number of allylic oxidation sites excluding steroid dienone is 1. The van der Waals surface area contributed by atoms with Crippen molar-refractivity contribution in [3.8, 4) is 17.2 Å². The van der Waals surface area contributed by atoms with E-state index in [9.17, 15) is 14.4 Å². The maximum atomic E-state index is 14.2. The molecule has 0 saturated heterocycles. The maximum absolute atomic E-state index is 14.2. The van der Waals surface area contributed by atoms with E-state index in [0.29, 0.717) is 65.0 Å². The van der Waals surface area contributed by atoms with Crippen LogP contribution in [0.3, 0.4) is 0 Å². The van der Waals surface area contributed by atoms with Gasteiger partial charge in [0.05, 0.1) is 51.1 Å². The molecule has 2 heterocycles. The number of methoxy groups -OCH3 is 1. The van der Waals surface area contributed by atoms with Crippen molar-refractivity contribution >= 4 is 72.8 Å². The second-order valence-electron chi connectivity index (χ2n) is 10.5. The topological polar surface area (TPSA) is 115 Å². The second kappa shape index (κ2) is 16.2. The van der Waals surface area contributed by atoms with E-state index in [-0.39, 0.29) is 24.3 Å². The lowest BCUT2D eigenvalue weighted by Gasteiger charge is -2.25. The molecule has 0 saturated carbocycles. The molecule has 0 aliphatic carbocycles. The minimum absolute atomic E-state index is 0.139. The van der Waals surface area contributed by atoms with E-state index in [1.165, 1.54) is 23.0 Å². The number of ether oxygens (including phenoxy) is 5. The standard InChI is InChI=1S/C35H31Br2ClN2O8S/c1-5-45-27-16-22(9-12-26(27)47-18-29(41)44-4)31-30(34(43)46-6-2)19(3)39-35-40(31)33(42)28(49-35)15-21-13-24(36)32(25(37)14-21)48-17-20-7-10-23(38)11-8-20/h7-16,31H,5-6,17-18H2,1-4H3/b28-15-/t31-/m1/s1. The Balaban J connectivity index is 1.56. The van der Waals surface area contributed by atoms with E-state index in [1.54, 1.807) is 50.3 Å². The summed E-state index contributed by atoms with van der Waals surface area (Å²) in [4.78, 5) is 44.4. The third-order valence-corrected chi connectivity index (χ3v) is 9.70. The Morgan fingerprint density at radius 1 is 0.980 bits per heavy atom. The van der Waals surface area contributed by atoms with Crippen LogP contribution in [0.4, 0.5) is 0 Å². The lowest BCUT2D eigenvalue weighted by atomic mass is 9.95. The first-order valence-electron chi connectivity index (χ1n) is 15.1. The van der Waals surface area contributed by atoms with Crippen molar-refractivity contribution in [3.63, 3.8) is 0 Å². The third-order valence-electron chi connectivity index (χ3n) is 7.29.